The second-order valence-corrected chi connectivity index (χ2v) is 9.79. The summed E-state index contributed by atoms with van der Waals surface area (Å²) in [5, 5.41) is 2.92. The molecule has 1 atom stereocenters. The van der Waals surface area contributed by atoms with Gasteiger partial charge in [0, 0.05) is 14.1 Å². The van der Waals surface area contributed by atoms with Crippen molar-refractivity contribution >= 4 is 21.8 Å². The third-order valence-corrected chi connectivity index (χ3v) is 6.87. The van der Waals surface area contributed by atoms with Crippen LogP contribution in [0.3, 0.4) is 0 Å². The average Bonchev–Trinajstić information content (AvgIpc) is 2.63. The maximum atomic E-state index is 12.9. The van der Waals surface area contributed by atoms with E-state index in [9.17, 15) is 13.2 Å². The SMILES string of the molecule is Cc1ccc(C)c(N(CC(=O)N[C@@H](C)c2ccc(C)c(C)c2)S(=O)(=O)N(C)C)c1. The van der Waals surface area contributed by atoms with E-state index < -0.39 is 10.2 Å². The van der Waals surface area contributed by atoms with Crippen LogP contribution in [0.5, 0.6) is 0 Å². The predicted molar refractivity (Wildman–Crippen MR) is 118 cm³/mol. The molecule has 2 aromatic rings. The van der Waals surface area contributed by atoms with Crippen LogP contribution in [0.15, 0.2) is 36.4 Å². The van der Waals surface area contributed by atoms with Crippen LogP contribution in [0.25, 0.3) is 0 Å². The normalized spacial score (nSPS) is 12.7. The zero-order chi connectivity index (χ0) is 21.9. The molecule has 1 amide bonds. The number of amides is 1. The maximum Gasteiger partial charge on any atom is 0.304 e. The van der Waals surface area contributed by atoms with Crippen molar-refractivity contribution in [3.8, 4) is 0 Å². The van der Waals surface area contributed by atoms with Gasteiger partial charge in [-0.3, -0.25) is 4.79 Å². The van der Waals surface area contributed by atoms with Crippen molar-refractivity contribution in [3.05, 3.63) is 64.2 Å². The molecule has 0 saturated heterocycles. The number of nitrogens with one attached hydrogen (secondary N) is 1. The van der Waals surface area contributed by atoms with E-state index in [0.717, 1.165) is 30.9 Å². The summed E-state index contributed by atoms with van der Waals surface area (Å²) >= 11 is 0. The lowest BCUT2D eigenvalue weighted by Gasteiger charge is -2.29. The van der Waals surface area contributed by atoms with Crippen LogP contribution in [0.4, 0.5) is 5.69 Å². The van der Waals surface area contributed by atoms with Crippen molar-refractivity contribution < 1.29 is 13.2 Å². The number of nitrogens with zero attached hydrogens (tertiary/aromatic N) is 2. The monoisotopic (exact) mass is 417 g/mol. The number of rotatable bonds is 7. The van der Waals surface area contributed by atoms with Crippen molar-refractivity contribution in [2.45, 2.75) is 40.7 Å². The van der Waals surface area contributed by atoms with Crippen LogP contribution in [-0.2, 0) is 15.0 Å². The molecule has 0 spiro atoms. The number of hydrogen-bond acceptors (Lipinski definition) is 3. The van der Waals surface area contributed by atoms with Crippen LogP contribution < -0.4 is 9.62 Å². The Kier molecular flexibility index (Phi) is 7.08. The van der Waals surface area contributed by atoms with Gasteiger partial charge < -0.3 is 5.32 Å². The molecule has 7 heteroatoms. The number of benzene rings is 2. The number of carbonyl (C=O) groups excluding carboxylic acids is 1. The Morgan fingerprint density at radius 3 is 2.17 bits per heavy atom. The highest BCUT2D eigenvalue weighted by atomic mass is 32.2. The first-order chi connectivity index (χ1) is 13.4. The van der Waals surface area contributed by atoms with Gasteiger partial charge in [-0.2, -0.15) is 12.7 Å². The number of aryl methyl sites for hydroxylation is 4. The standard InChI is InChI=1S/C22H31N3O3S/c1-15-8-9-17(3)21(12-15)25(29(27,28)24(6)7)14-22(26)23-19(5)20-11-10-16(2)18(4)13-20/h8-13,19H,14H2,1-7H3,(H,23,26)/t19-/m0/s1. The summed E-state index contributed by atoms with van der Waals surface area (Å²) in [4.78, 5) is 12.8. The fourth-order valence-corrected chi connectivity index (χ4v) is 4.13. The molecular weight excluding hydrogens is 386 g/mol. The fourth-order valence-electron chi connectivity index (χ4n) is 3.01. The molecule has 0 unspecified atom stereocenters. The molecule has 0 saturated carbocycles. The first kappa shape index (κ1) is 22.9. The molecular formula is C22H31N3O3S. The van der Waals surface area contributed by atoms with Gasteiger partial charge in [0.05, 0.1) is 11.7 Å². The van der Waals surface area contributed by atoms with Crippen LogP contribution in [0.2, 0.25) is 0 Å². The molecule has 0 fully saturated rings. The van der Waals surface area contributed by atoms with Crippen molar-refractivity contribution in [2.75, 3.05) is 24.9 Å². The molecule has 0 aliphatic rings. The first-order valence-corrected chi connectivity index (χ1v) is 11.0. The zero-order valence-corrected chi connectivity index (χ0v) is 19.1. The number of anilines is 1. The second-order valence-electron chi connectivity index (χ2n) is 7.72. The first-order valence-electron chi connectivity index (χ1n) is 9.57. The van der Waals surface area contributed by atoms with Gasteiger partial charge in [0.15, 0.2) is 0 Å². The molecule has 0 aromatic heterocycles. The van der Waals surface area contributed by atoms with E-state index in [0.29, 0.717) is 5.69 Å². The average molecular weight is 418 g/mol. The molecule has 2 rings (SSSR count). The van der Waals surface area contributed by atoms with Crippen LogP contribution >= 0.6 is 0 Å². The Morgan fingerprint density at radius 1 is 0.966 bits per heavy atom. The summed E-state index contributed by atoms with van der Waals surface area (Å²) < 4.78 is 28.2. The van der Waals surface area contributed by atoms with Gasteiger partial charge >= 0.3 is 10.2 Å². The van der Waals surface area contributed by atoms with Crippen LogP contribution in [-0.4, -0.2) is 39.3 Å². The smallest absolute Gasteiger partial charge is 0.304 e. The van der Waals surface area contributed by atoms with Gasteiger partial charge in [-0.15, -0.1) is 0 Å². The van der Waals surface area contributed by atoms with E-state index in [1.165, 1.54) is 19.7 Å². The summed E-state index contributed by atoms with van der Waals surface area (Å²) in [6, 6.07) is 11.4. The predicted octanol–water partition coefficient (Wildman–Crippen LogP) is 3.41. The van der Waals surface area contributed by atoms with Gasteiger partial charge in [0.1, 0.15) is 6.54 Å². The summed E-state index contributed by atoms with van der Waals surface area (Å²) in [6.45, 7) is 9.40. The van der Waals surface area contributed by atoms with E-state index in [1.807, 2.05) is 65.0 Å². The molecule has 0 heterocycles. The zero-order valence-electron chi connectivity index (χ0n) is 18.3. The van der Waals surface area contributed by atoms with E-state index in [-0.39, 0.29) is 18.5 Å². The second kappa shape index (κ2) is 8.97. The highest BCUT2D eigenvalue weighted by molar-refractivity contribution is 7.90. The van der Waals surface area contributed by atoms with Crippen LogP contribution in [0, 0.1) is 27.7 Å². The Hall–Kier alpha value is -2.38. The highest BCUT2D eigenvalue weighted by Gasteiger charge is 2.29. The molecule has 0 aliphatic heterocycles. The quantitative estimate of drug-likeness (QED) is 0.751. The Morgan fingerprint density at radius 2 is 1.59 bits per heavy atom. The Balaban J connectivity index is 2.30. The van der Waals surface area contributed by atoms with E-state index in [4.69, 9.17) is 0 Å². The van der Waals surface area contributed by atoms with Crippen molar-refractivity contribution in [1.82, 2.24) is 9.62 Å². The third-order valence-electron chi connectivity index (χ3n) is 5.07. The fraction of sp³-hybridized carbons (Fsp3) is 0.409. The van der Waals surface area contributed by atoms with Gasteiger partial charge in [-0.25, -0.2) is 4.31 Å². The van der Waals surface area contributed by atoms with E-state index in [2.05, 4.69) is 5.32 Å². The van der Waals surface area contributed by atoms with Gasteiger partial charge in [-0.1, -0.05) is 30.3 Å². The highest BCUT2D eigenvalue weighted by Crippen LogP contribution is 2.25. The summed E-state index contributed by atoms with van der Waals surface area (Å²) in [5.41, 5.74) is 5.54. The number of carbonyl (C=O) groups is 1. The van der Waals surface area contributed by atoms with Crippen molar-refractivity contribution in [2.24, 2.45) is 0 Å². The lowest BCUT2D eigenvalue weighted by molar-refractivity contribution is -0.120. The maximum absolute atomic E-state index is 12.9. The van der Waals surface area contributed by atoms with E-state index in [1.54, 1.807) is 6.07 Å². The third kappa shape index (κ3) is 5.36. The molecule has 0 bridgehead atoms. The molecule has 158 valence electrons. The largest absolute Gasteiger partial charge is 0.348 e. The molecule has 0 aliphatic carbocycles. The van der Waals surface area contributed by atoms with Gasteiger partial charge in [0.25, 0.3) is 0 Å². The molecule has 29 heavy (non-hydrogen) atoms. The van der Waals surface area contributed by atoms with Crippen LogP contribution in [0.1, 0.15) is 40.8 Å². The minimum atomic E-state index is -3.83. The lowest BCUT2D eigenvalue weighted by Crippen LogP contribution is -2.46. The molecule has 1 N–H and O–H groups in total. The summed E-state index contributed by atoms with van der Waals surface area (Å²) in [7, 11) is -0.911. The summed E-state index contributed by atoms with van der Waals surface area (Å²) in [5.74, 6) is -0.359. The molecule has 6 nitrogen and oxygen atoms in total. The minimum absolute atomic E-state index is 0.232. The summed E-state index contributed by atoms with van der Waals surface area (Å²) in [6.07, 6.45) is 0. The number of hydrogen-bond donors (Lipinski definition) is 1. The van der Waals surface area contributed by atoms with E-state index >= 15 is 0 Å². The van der Waals surface area contributed by atoms with Crippen molar-refractivity contribution in [1.29, 1.82) is 0 Å². The topological polar surface area (TPSA) is 69.7 Å². The Labute approximate surface area is 174 Å². The molecule has 0 radical (unpaired) electrons. The van der Waals surface area contributed by atoms with Gasteiger partial charge in [-0.05, 0) is 68.5 Å². The minimum Gasteiger partial charge on any atom is -0.348 e. The van der Waals surface area contributed by atoms with Gasteiger partial charge in [0.2, 0.25) is 5.91 Å². The Bertz CT molecular complexity index is 1000. The molecule has 2 aromatic carbocycles. The lowest BCUT2D eigenvalue weighted by atomic mass is 10.0. The van der Waals surface area contributed by atoms with Crippen molar-refractivity contribution in [3.63, 3.8) is 0 Å².